The summed E-state index contributed by atoms with van der Waals surface area (Å²) in [5, 5.41) is 6.95. The summed E-state index contributed by atoms with van der Waals surface area (Å²) in [6.07, 6.45) is 0. The van der Waals surface area contributed by atoms with E-state index < -0.39 is 28.9 Å². The molecule has 2 heterocycles. The Hall–Kier alpha value is -4.22. The predicted octanol–water partition coefficient (Wildman–Crippen LogP) is 11.2. The minimum absolute atomic E-state index is 0.0972. The van der Waals surface area contributed by atoms with Gasteiger partial charge in [-0.25, -0.2) is 0 Å². The molecule has 0 unspecified atom stereocenters. The molecule has 0 amide bonds. The first kappa shape index (κ1) is 30.2. The number of allylic oxidation sites excluding steroid dienone is 2. The van der Waals surface area contributed by atoms with E-state index in [2.05, 4.69) is 20.1 Å². The van der Waals surface area contributed by atoms with Crippen molar-refractivity contribution in [1.29, 1.82) is 0 Å². The first-order valence-corrected chi connectivity index (χ1v) is 14.3. The average molecular weight is 631 g/mol. The number of thiophene rings is 2. The van der Waals surface area contributed by atoms with Crippen LogP contribution in [-0.4, -0.2) is 17.8 Å². The maximum Gasteiger partial charge on any atom is 0.380 e. The molecule has 43 heavy (non-hydrogen) atoms. The molecule has 14 heteroatoms. The van der Waals surface area contributed by atoms with Crippen molar-refractivity contribution in [2.45, 2.75) is 44.7 Å². The Bertz CT molecular complexity index is 1700. The fraction of sp³-hybridized carbons (Fsp3) is 0.241. The second-order valence-electron chi connectivity index (χ2n) is 9.81. The molecule has 2 aromatic carbocycles. The predicted molar refractivity (Wildman–Crippen MR) is 156 cm³/mol. The Labute approximate surface area is 249 Å². The minimum Gasteiger partial charge on any atom is -0.194 e. The van der Waals surface area contributed by atoms with Crippen LogP contribution < -0.4 is 0 Å². The van der Waals surface area contributed by atoms with Crippen LogP contribution in [0.5, 0.6) is 0 Å². The zero-order valence-electron chi connectivity index (χ0n) is 22.5. The van der Waals surface area contributed by atoms with Crippen molar-refractivity contribution in [2.24, 2.45) is 10.2 Å². The summed E-state index contributed by atoms with van der Waals surface area (Å²) in [4.78, 5) is 6.59. The Morgan fingerprint density at radius 2 is 0.977 bits per heavy atom. The van der Waals surface area contributed by atoms with Crippen molar-refractivity contribution in [3.8, 4) is 20.9 Å². The van der Waals surface area contributed by atoms with Crippen LogP contribution >= 0.6 is 22.7 Å². The molecule has 0 spiro atoms. The van der Waals surface area contributed by atoms with E-state index >= 15 is 17.6 Å². The number of hydrogen-bond acceptors (Lipinski definition) is 4. The minimum atomic E-state index is -5.67. The van der Waals surface area contributed by atoms with E-state index in [9.17, 15) is 8.78 Å². The van der Waals surface area contributed by atoms with E-state index in [1.165, 1.54) is 26.0 Å². The number of hydrogen-bond donors (Lipinski definition) is 0. The van der Waals surface area contributed by atoms with Gasteiger partial charge in [-0.3, -0.25) is 0 Å². The normalized spacial score (nSPS) is 16.6. The average Bonchev–Trinajstić information content (AvgIpc) is 3.57. The molecule has 0 saturated heterocycles. The number of halogens is 6. The second-order valence-corrected chi connectivity index (χ2v) is 12.3. The number of azide groups is 2. The Balaban J connectivity index is 1.65. The number of alkyl halides is 6. The lowest BCUT2D eigenvalue weighted by Gasteiger charge is -2.25. The van der Waals surface area contributed by atoms with Gasteiger partial charge in [0.15, 0.2) is 0 Å². The molecule has 0 radical (unpaired) electrons. The molecule has 0 saturated carbocycles. The molecule has 4 aromatic rings. The van der Waals surface area contributed by atoms with Gasteiger partial charge in [0.25, 0.3) is 0 Å². The molecule has 0 bridgehead atoms. The van der Waals surface area contributed by atoms with E-state index in [1.807, 2.05) is 0 Å². The zero-order valence-corrected chi connectivity index (χ0v) is 24.1. The van der Waals surface area contributed by atoms with Crippen molar-refractivity contribution in [3.05, 3.63) is 114 Å². The molecule has 2 aromatic heterocycles. The third kappa shape index (κ3) is 5.06. The number of aryl methyl sites for hydroxylation is 2. The molecule has 0 atom stereocenters. The molecule has 0 aliphatic heterocycles. The highest BCUT2D eigenvalue weighted by Crippen LogP contribution is 2.66. The lowest BCUT2D eigenvalue weighted by molar-refractivity contribution is -0.254. The largest absolute Gasteiger partial charge is 0.380 e. The van der Waals surface area contributed by atoms with Crippen molar-refractivity contribution in [3.63, 3.8) is 0 Å². The summed E-state index contributed by atoms with van der Waals surface area (Å²) >= 11 is 2.05. The first-order chi connectivity index (χ1) is 20.3. The molecule has 0 N–H and O–H groups in total. The van der Waals surface area contributed by atoms with E-state index in [4.69, 9.17) is 11.1 Å². The topological polar surface area (TPSA) is 97.5 Å². The second kappa shape index (κ2) is 11.1. The summed E-state index contributed by atoms with van der Waals surface area (Å²) in [6.45, 7) is 3.05. The lowest BCUT2D eigenvalue weighted by atomic mass is 9.94. The van der Waals surface area contributed by atoms with Crippen molar-refractivity contribution in [1.82, 2.24) is 0 Å². The molecule has 0 fully saturated rings. The Kier molecular flexibility index (Phi) is 7.82. The molecular weight excluding hydrogens is 610 g/mol. The molecule has 5 rings (SSSR count). The van der Waals surface area contributed by atoms with Gasteiger partial charge in [0.05, 0.1) is 13.1 Å². The van der Waals surface area contributed by atoms with Gasteiger partial charge < -0.3 is 0 Å². The fourth-order valence-electron chi connectivity index (χ4n) is 4.95. The quantitative estimate of drug-likeness (QED) is 0.0801. The maximum atomic E-state index is 15.5. The zero-order chi connectivity index (χ0) is 31.2. The SMILES string of the molecule is Cc1sc(-c2ccc(CN=[N+]=[N-])cc2)cc1C1=C(c2cc(-c3ccc(CN=[N+]=[N-])cc3)sc2C)C(F)(F)C(F)(F)C1(F)F. The Morgan fingerprint density at radius 3 is 1.30 bits per heavy atom. The van der Waals surface area contributed by atoms with Crippen molar-refractivity contribution < 1.29 is 26.3 Å². The van der Waals surface area contributed by atoms with Crippen LogP contribution in [0.25, 0.3) is 52.9 Å². The summed E-state index contributed by atoms with van der Waals surface area (Å²) in [5.41, 5.74) is 16.0. The van der Waals surface area contributed by atoms with E-state index in [0.29, 0.717) is 32.0 Å². The number of nitrogens with zero attached hydrogens (tertiary/aromatic N) is 6. The number of benzene rings is 2. The summed E-state index contributed by atoms with van der Waals surface area (Å²) in [6, 6.07) is 15.7. The van der Waals surface area contributed by atoms with Gasteiger partial charge >= 0.3 is 17.8 Å². The monoisotopic (exact) mass is 630 g/mol. The van der Waals surface area contributed by atoms with Gasteiger partial charge in [-0.2, -0.15) is 26.3 Å². The molecule has 220 valence electrons. The highest BCUT2D eigenvalue weighted by molar-refractivity contribution is 7.16. The fourth-order valence-corrected chi connectivity index (χ4v) is 7.02. The van der Waals surface area contributed by atoms with Crippen LogP contribution in [0.2, 0.25) is 0 Å². The van der Waals surface area contributed by atoms with Crippen LogP contribution in [0, 0.1) is 13.8 Å². The van der Waals surface area contributed by atoms with Crippen LogP contribution in [0.3, 0.4) is 0 Å². The third-order valence-electron chi connectivity index (χ3n) is 7.15. The highest BCUT2D eigenvalue weighted by Gasteiger charge is 2.80. The van der Waals surface area contributed by atoms with Crippen LogP contribution in [0.4, 0.5) is 26.3 Å². The Morgan fingerprint density at radius 1 is 0.628 bits per heavy atom. The standard InChI is InChI=1S/C29H20F6N6S2/c1-15-21(11-23(42-15)19-7-3-17(4-8-19)13-38-40-36)25-26(28(32,33)29(34,35)27(25,30)31)22-12-24(43-16(22)2)20-9-5-18(6-10-20)14-39-41-37/h3-12H,13-14H2,1-2H3. The molecule has 6 nitrogen and oxygen atoms in total. The van der Waals surface area contributed by atoms with Gasteiger partial charge in [-0.15, -0.1) is 22.7 Å². The van der Waals surface area contributed by atoms with E-state index in [1.54, 1.807) is 48.5 Å². The van der Waals surface area contributed by atoms with Crippen LogP contribution in [0.15, 0.2) is 70.9 Å². The summed E-state index contributed by atoms with van der Waals surface area (Å²) in [7, 11) is 0. The molecule has 1 aliphatic carbocycles. The summed E-state index contributed by atoms with van der Waals surface area (Å²) in [5.74, 6) is -16.0. The third-order valence-corrected chi connectivity index (χ3v) is 9.35. The summed E-state index contributed by atoms with van der Waals surface area (Å²) < 4.78 is 92.0. The highest BCUT2D eigenvalue weighted by atomic mass is 32.1. The van der Waals surface area contributed by atoms with Gasteiger partial charge in [0.2, 0.25) is 0 Å². The van der Waals surface area contributed by atoms with Crippen molar-refractivity contribution >= 4 is 33.8 Å². The van der Waals surface area contributed by atoms with Crippen molar-refractivity contribution in [2.75, 3.05) is 0 Å². The molecule has 1 aliphatic rings. The van der Waals surface area contributed by atoms with Crippen LogP contribution in [0.1, 0.15) is 32.0 Å². The number of rotatable bonds is 8. The van der Waals surface area contributed by atoms with E-state index in [0.717, 1.165) is 22.7 Å². The van der Waals surface area contributed by atoms with Crippen LogP contribution in [-0.2, 0) is 13.1 Å². The van der Waals surface area contributed by atoms with Gasteiger partial charge in [0, 0.05) is 40.5 Å². The van der Waals surface area contributed by atoms with Gasteiger partial charge in [-0.05, 0) is 70.4 Å². The van der Waals surface area contributed by atoms with Gasteiger partial charge in [0.1, 0.15) is 0 Å². The van der Waals surface area contributed by atoms with E-state index in [-0.39, 0.29) is 34.0 Å². The van der Waals surface area contributed by atoms with Gasteiger partial charge in [-0.1, -0.05) is 58.8 Å². The maximum absolute atomic E-state index is 15.5. The molecular formula is C29H20F6N6S2. The first-order valence-electron chi connectivity index (χ1n) is 12.6. The lowest BCUT2D eigenvalue weighted by Crippen LogP contribution is -2.48. The smallest absolute Gasteiger partial charge is 0.194 e.